The lowest BCUT2D eigenvalue weighted by molar-refractivity contribution is -0.123. The van der Waals surface area contributed by atoms with Crippen molar-refractivity contribution in [2.45, 2.75) is 38.5 Å². The summed E-state index contributed by atoms with van der Waals surface area (Å²) >= 11 is 0. The smallest absolute Gasteiger partial charge is 0.138 e. The number of hydrogen-bond acceptors (Lipinski definition) is 3. The lowest BCUT2D eigenvalue weighted by atomic mass is 9.82. The first-order chi connectivity index (χ1) is 12.6. The molecule has 3 heteroatoms. The Balaban J connectivity index is 1.69. The van der Waals surface area contributed by atoms with Crippen LogP contribution in [-0.4, -0.2) is 26.0 Å². The maximum Gasteiger partial charge on any atom is 0.138 e. The Morgan fingerprint density at radius 2 is 1.96 bits per heavy atom. The molecule has 0 radical (unpaired) electrons. The number of benzene rings is 2. The SMILES string of the molecule is CCc1ccc(C2CNCC2C(=O)CC(C)c2cccc(OC)c2)cc1. The fourth-order valence-corrected chi connectivity index (χ4v) is 3.89. The molecule has 2 aromatic carbocycles. The van der Waals surface area contributed by atoms with Crippen LogP contribution in [0, 0.1) is 5.92 Å². The second-order valence-corrected chi connectivity index (χ2v) is 7.31. The van der Waals surface area contributed by atoms with Crippen LogP contribution in [0.5, 0.6) is 5.75 Å². The van der Waals surface area contributed by atoms with E-state index in [-0.39, 0.29) is 17.8 Å². The third-order valence-corrected chi connectivity index (χ3v) is 5.61. The fraction of sp³-hybridized carbons (Fsp3) is 0.435. The van der Waals surface area contributed by atoms with E-state index in [0.29, 0.717) is 12.2 Å². The molecule has 0 bridgehead atoms. The van der Waals surface area contributed by atoms with Crippen molar-refractivity contribution in [1.82, 2.24) is 5.32 Å². The summed E-state index contributed by atoms with van der Waals surface area (Å²) in [5, 5.41) is 3.42. The predicted octanol–water partition coefficient (Wildman–Crippen LogP) is 4.32. The van der Waals surface area contributed by atoms with Crippen LogP contribution in [0.25, 0.3) is 0 Å². The van der Waals surface area contributed by atoms with E-state index in [9.17, 15) is 4.79 Å². The van der Waals surface area contributed by atoms with Gasteiger partial charge < -0.3 is 10.1 Å². The normalized spacial score (nSPS) is 20.7. The van der Waals surface area contributed by atoms with Crippen molar-refractivity contribution in [1.29, 1.82) is 0 Å². The number of Topliss-reactive ketones (excluding diaryl/α,β-unsaturated/α-hetero) is 1. The molecule has 1 aliphatic rings. The summed E-state index contributed by atoms with van der Waals surface area (Å²) in [6, 6.07) is 16.8. The van der Waals surface area contributed by atoms with Crippen LogP contribution < -0.4 is 10.1 Å². The van der Waals surface area contributed by atoms with Gasteiger partial charge in [-0.2, -0.15) is 0 Å². The van der Waals surface area contributed by atoms with Crippen molar-refractivity contribution in [2.75, 3.05) is 20.2 Å². The second-order valence-electron chi connectivity index (χ2n) is 7.31. The number of aryl methyl sites for hydroxylation is 1. The quantitative estimate of drug-likeness (QED) is 0.807. The lowest BCUT2D eigenvalue weighted by Gasteiger charge is -2.20. The Bertz CT molecular complexity index is 738. The Labute approximate surface area is 156 Å². The number of methoxy groups -OCH3 is 1. The van der Waals surface area contributed by atoms with Crippen LogP contribution >= 0.6 is 0 Å². The van der Waals surface area contributed by atoms with Crippen molar-refractivity contribution < 1.29 is 9.53 Å². The molecule has 3 atom stereocenters. The van der Waals surface area contributed by atoms with Crippen molar-refractivity contribution >= 4 is 5.78 Å². The number of carbonyl (C=O) groups excluding carboxylic acids is 1. The van der Waals surface area contributed by atoms with E-state index in [4.69, 9.17) is 4.74 Å². The minimum Gasteiger partial charge on any atom is -0.497 e. The van der Waals surface area contributed by atoms with Crippen molar-refractivity contribution in [3.05, 3.63) is 65.2 Å². The number of ether oxygens (including phenoxy) is 1. The van der Waals surface area contributed by atoms with Gasteiger partial charge in [0, 0.05) is 31.3 Å². The van der Waals surface area contributed by atoms with Gasteiger partial charge in [-0.3, -0.25) is 4.79 Å². The number of rotatable bonds is 7. The Morgan fingerprint density at radius 1 is 1.19 bits per heavy atom. The molecule has 0 aromatic heterocycles. The molecule has 2 aromatic rings. The lowest BCUT2D eigenvalue weighted by Crippen LogP contribution is -2.23. The zero-order valence-corrected chi connectivity index (χ0v) is 16.0. The van der Waals surface area contributed by atoms with Crippen LogP contribution in [0.4, 0.5) is 0 Å². The fourth-order valence-electron chi connectivity index (χ4n) is 3.89. The Morgan fingerprint density at radius 3 is 2.65 bits per heavy atom. The summed E-state index contributed by atoms with van der Waals surface area (Å²) in [6.45, 7) is 5.96. The van der Waals surface area contributed by atoms with E-state index in [2.05, 4.69) is 49.5 Å². The van der Waals surface area contributed by atoms with Crippen molar-refractivity contribution in [3.8, 4) is 5.75 Å². The molecule has 1 fully saturated rings. The standard InChI is InChI=1S/C23H29NO2/c1-4-17-8-10-18(11-9-17)21-14-24-15-22(21)23(25)12-16(2)19-6-5-7-20(13-19)26-3/h5-11,13,16,21-22,24H,4,12,14-15H2,1-3H3. The van der Waals surface area contributed by atoms with Crippen LogP contribution in [0.3, 0.4) is 0 Å². The molecule has 3 rings (SSSR count). The summed E-state index contributed by atoms with van der Waals surface area (Å²) in [4.78, 5) is 13.0. The molecule has 1 saturated heterocycles. The van der Waals surface area contributed by atoms with Gasteiger partial charge in [-0.25, -0.2) is 0 Å². The summed E-state index contributed by atoms with van der Waals surface area (Å²) < 4.78 is 5.31. The molecule has 1 heterocycles. The van der Waals surface area contributed by atoms with E-state index in [1.54, 1.807) is 7.11 Å². The molecule has 1 aliphatic heterocycles. The second kappa shape index (κ2) is 8.50. The van der Waals surface area contributed by atoms with Gasteiger partial charge in [-0.05, 0) is 41.2 Å². The monoisotopic (exact) mass is 351 g/mol. The number of hydrogen-bond donors (Lipinski definition) is 1. The van der Waals surface area contributed by atoms with E-state index in [1.165, 1.54) is 11.1 Å². The topological polar surface area (TPSA) is 38.3 Å². The van der Waals surface area contributed by atoms with Gasteiger partial charge in [0.1, 0.15) is 11.5 Å². The van der Waals surface area contributed by atoms with Gasteiger partial charge in [-0.15, -0.1) is 0 Å². The molecule has 0 aliphatic carbocycles. The van der Waals surface area contributed by atoms with E-state index >= 15 is 0 Å². The molecular weight excluding hydrogens is 322 g/mol. The minimum atomic E-state index is 0.0653. The van der Waals surface area contributed by atoms with Crippen LogP contribution in [0.2, 0.25) is 0 Å². The molecule has 138 valence electrons. The van der Waals surface area contributed by atoms with Crippen LogP contribution in [-0.2, 0) is 11.2 Å². The first-order valence-corrected chi connectivity index (χ1v) is 9.58. The zero-order valence-electron chi connectivity index (χ0n) is 16.0. The third kappa shape index (κ3) is 4.16. The Kier molecular flexibility index (Phi) is 6.10. The first kappa shape index (κ1) is 18.7. The highest BCUT2D eigenvalue weighted by molar-refractivity contribution is 5.83. The molecule has 0 spiro atoms. The molecule has 26 heavy (non-hydrogen) atoms. The largest absolute Gasteiger partial charge is 0.497 e. The van der Waals surface area contributed by atoms with Crippen LogP contribution in [0.1, 0.15) is 48.8 Å². The van der Waals surface area contributed by atoms with Gasteiger partial charge in [0.05, 0.1) is 7.11 Å². The zero-order chi connectivity index (χ0) is 18.5. The predicted molar refractivity (Wildman–Crippen MR) is 106 cm³/mol. The average molecular weight is 351 g/mol. The van der Waals surface area contributed by atoms with Gasteiger partial charge in [0.2, 0.25) is 0 Å². The summed E-state index contributed by atoms with van der Waals surface area (Å²) in [7, 11) is 1.67. The molecule has 1 N–H and O–H groups in total. The first-order valence-electron chi connectivity index (χ1n) is 9.58. The number of carbonyl (C=O) groups is 1. The highest BCUT2D eigenvalue weighted by Crippen LogP contribution is 2.32. The van der Waals surface area contributed by atoms with Gasteiger partial charge in [-0.1, -0.05) is 50.2 Å². The van der Waals surface area contributed by atoms with Gasteiger partial charge in [0.15, 0.2) is 0 Å². The number of ketones is 1. The van der Waals surface area contributed by atoms with E-state index in [0.717, 1.165) is 30.8 Å². The van der Waals surface area contributed by atoms with Gasteiger partial charge in [0.25, 0.3) is 0 Å². The summed E-state index contributed by atoms with van der Waals surface area (Å²) in [6.07, 6.45) is 1.62. The van der Waals surface area contributed by atoms with Crippen LogP contribution in [0.15, 0.2) is 48.5 Å². The summed E-state index contributed by atoms with van der Waals surface area (Å²) in [5.74, 6) is 1.75. The van der Waals surface area contributed by atoms with Crippen molar-refractivity contribution in [2.24, 2.45) is 5.92 Å². The Hall–Kier alpha value is -2.13. The molecule has 3 unspecified atom stereocenters. The molecule has 0 amide bonds. The molecule has 0 saturated carbocycles. The highest BCUT2D eigenvalue weighted by Gasteiger charge is 2.34. The summed E-state index contributed by atoms with van der Waals surface area (Å²) in [5.41, 5.74) is 3.78. The van der Waals surface area contributed by atoms with E-state index in [1.807, 2.05) is 18.2 Å². The maximum atomic E-state index is 13.0. The van der Waals surface area contributed by atoms with Crippen molar-refractivity contribution in [3.63, 3.8) is 0 Å². The van der Waals surface area contributed by atoms with E-state index < -0.39 is 0 Å². The maximum absolute atomic E-state index is 13.0. The number of nitrogens with one attached hydrogen (secondary N) is 1. The third-order valence-electron chi connectivity index (χ3n) is 5.61. The molecule has 3 nitrogen and oxygen atoms in total. The molecular formula is C23H29NO2. The van der Waals surface area contributed by atoms with Gasteiger partial charge >= 0.3 is 0 Å². The average Bonchev–Trinajstić information content (AvgIpc) is 3.18. The minimum absolute atomic E-state index is 0.0653. The highest BCUT2D eigenvalue weighted by atomic mass is 16.5.